The molecule has 0 amide bonds. The molecule has 0 saturated carbocycles. The lowest BCUT2D eigenvalue weighted by Gasteiger charge is -2.24. The first-order chi connectivity index (χ1) is 17.9. The summed E-state index contributed by atoms with van der Waals surface area (Å²) in [6.07, 6.45) is 4.78. The first-order valence-electron chi connectivity index (χ1n) is 11.7. The number of hydrogen-bond acceptors (Lipinski definition) is 8. The Hall–Kier alpha value is -4.32. The third-order valence-corrected chi connectivity index (χ3v) is 6.09. The van der Waals surface area contributed by atoms with Crippen LogP contribution in [-0.2, 0) is 11.8 Å². The van der Waals surface area contributed by atoms with Gasteiger partial charge in [0.2, 0.25) is 5.95 Å². The van der Waals surface area contributed by atoms with E-state index in [4.69, 9.17) is 15.2 Å². The summed E-state index contributed by atoms with van der Waals surface area (Å²) < 4.78 is 41.1. The van der Waals surface area contributed by atoms with E-state index in [2.05, 4.69) is 30.7 Å². The first-order valence-corrected chi connectivity index (χ1v) is 11.7. The van der Waals surface area contributed by atoms with Gasteiger partial charge in [-0.25, -0.2) is 18.8 Å². The number of aromatic nitrogens is 4. The van der Waals surface area contributed by atoms with Crippen molar-refractivity contribution in [1.29, 1.82) is 0 Å². The van der Waals surface area contributed by atoms with Gasteiger partial charge in [0, 0.05) is 55.7 Å². The predicted octanol–water partition coefficient (Wildman–Crippen LogP) is 4.02. The van der Waals surface area contributed by atoms with Crippen molar-refractivity contribution in [3.63, 3.8) is 0 Å². The lowest BCUT2D eigenvalue weighted by Crippen LogP contribution is -2.30. The van der Waals surface area contributed by atoms with Crippen molar-refractivity contribution < 1.29 is 18.3 Å². The summed E-state index contributed by atoms with van der Waals surface area (Å²) >= 11 is 0. The van der Waals surface area contributed by atoms with Crippen LogP contribution in [0, 0.1) is 11.6 Å². The number of aryl methyl sites for hydroxylation is 1. The van der Waals surface area contributed by atoms with E-state index in [1.165, 1.54) is 13.3 Å². The van der Waals surface area contributed by atoms with Gasteiger partial charge >= 0.3 is 0 Å². The van der Waals surface area contributed by atoms with Crippen molar-refractivity contribution in [2.45, 2.75) is 18.9 Å². The summed E-state index contributed by atoms with van der Waals surface area (Å²) in [5.41, 5.74) is 7.77. The molecule has 3 heterocycles. The molecule has 12 heteroatoms. The fourth-order valence-corrected chi connectivity index (χ4v) is 4.09. The van der Waals surface area contributed by atoms with E-state index in [-0.39, 0.29) is 17.6 Å². The SMILES string of the molecule is COc1cc(F)c(N=C(N)c2cnc(Nc3ccc4c(cnn4C)c3)nc2NC2CCOCC2)c(F)c1. The molecule has 10 nitrogen and oxygen atoms in total. The van der Waals surface area contributed by atoms with E-state index >= 15 is 0 Å². The van der Waals surface area contributed by atoms with Crippen molar-refractivity contribution in [3.8, 4) is 5.75 Å². The van der Waals surface area contributed by atoms with Crippen LogP contribution in [0.3, 0.4) is 0 Å². The maximum atomic E-state index is 14.5. The lowest BCUT2D eigenvalue weighted by atomic mass is 10.1. The van der Waals surface area contributed by atoms with Gasteiger partial charge in [-0.05, 0) is 31.0 Å². The molecule has 0 radical (unpaired) electrons. The summed E-state index contributed by atoms with van der Waals surface area (Å²) in [6.45, 7) is 1.22. The smallest absolute Gasteiger partial charge is 0.229 e. The predicted molar refractivity (Wildman–Crippen MR) is 137 cm³/mol. The number of rotatable bonds is 7. The average Bonchev–Trinajstić information content (AvgIpc) is 3.26. The van der Waals surface area contributed by atoms with Crippen LogP contribution in [0.15, 0.2) is 47.7 Å². The largest absolute Gasteiger partial charge is 0.497 e. The minimum Gasteiger partial charge on any atom is -0.497 e. The summed E-state index contributed by atoms with van der Waals surface area (Å²) in [5.74, 6) is -1.19. The zero-order valence-electron chi connectivity index (χ0n) is 20.3. The third kappa shape index (κ3) is 5.28. The van der Waals surface area contributed by atoms with E-state index < -0.39 is 17.3 Å². The molecule has 5 rings (SSSR count). The normalized spacial score (nSPS) is 14.6. The highest BCUT2D eigenvalue weighted by atomic mass is 19.1. The second-order valence-corrected chi connectivity index (χ2v) is 8.59. The van der Waals surface area contributed by atoms with Gasteiger partial charge in [-0.1, -0.05) is 0 Å². The zero-order valence-corrected chi connectivity index (χ0v) is 20.3. The van der Waals surface area contributed by atoms with Gasteiger partial charge in [0.05, 0.1) is 24.4 Å². The van der Waals surface area contributed by atoms with Crippen LogP contribution < -0.4 is 21.1 Å². The molecule has 1 aliphatic rings. The molecule has 192 valence electrons. The van der Waals surface area contributed by atoms with E-state index in [0.717, 1.165) is 41.6 Å². The van der Waals surface area contributed by atoms with Gasteiger partial charge in [-0.15, -0.1) is 0 Å². The van der Waals surface area contributed by atoms with Crippen LogP contribution in [0.1, 0.15) is 18.4 Å². The van der Waals surface area contributed by atoms with Crippen molar-refractivity contribution in [2.75, 3.05) is 31.0 Å². The Labute approximate surface area is 211 Å². The van der Waals surface area contributed by atoms with Gasteiger partial charge in [-0.3, -0.25) is 4.68 Å². The maximum absolute atomic E-state index is 14.5. The second-order valence-electron chi connectivity index (χ2n) is 8.59. The molecule has 37 heavy (non-hydrogen) atoms. The Morgan fingerprint density at radius 2 is 1.92 bits per heavy atom. The molecule has 2 aromatic heterocycles. The Kier molecular flexibility index (Phi) is 6.82. The molecule has 1 fully saturated rings. The van der Waals surface area contributed by atoms with Crippen LogP contribution in [-0.4, -0.2) is 51.9 Å². The van der Waals surface area contributed by atoms with Gasteiger partial charge in [0.25, 0.3) is 0 Å². The molecule has 2 aromatic carbocycles. The number of nitrogens with one attached hydrogen (secondary N) is 2. The Balaban J connectivity index is 1.48. The molecule has 0 spiro atoms. The van der Waals surface area contributed by atoms with E-state index in [0.29, 0.717) is 30.5 Å². The average molecular weight is 509 g/mol. The molecule has 0 unspecified atom stereocenters. The molecular weight excluding hydrogens is 482 g/mol. The number of halogens is 2. The number of nitrogens with zero attached hydrogens (tertiary/aromatic N) is 5. The Bertz CT molecular complexity index is 1440. The fourth-order valence-electron chi connectivity index (χ4n) is 4.09. The minimum absolute atomic E-state index is 0.0395. The second kappa shape index (κ2) is 10.3. The standard InChI is InChI=1S/C25H26F2N8O2/c1-35-21-4-3-16(9-14(21)12-30-35)32-25-29-13-18(24(34-25)31-15-5-7-37-8-6-15)23(28)33-22-19(26)10-17(36-2)11-20(22)27/h3-4,9-13,15H,5-8H2,1-2H3,(H2,28,33)(H2,29,31,32,34). The van der Waals surface area contributed by atoms with Crippen LogP contribution in [0.5, 0.6) is 5.75 Å². The van der Waals surface area contributed by atoms with Crippen LogP contribution in [0.4, 0.5) is 31.9 Å². The molecule has 4 aromatic rings. The van der Waals surface area contributed by atoms with E-state index in [9.17, 15) is 8.78 Å². The number of methoxy groups -OCH3 is 1. The molecule has 0 atom stereocenters. The topological polar surface area (TPSA) is 124 Å². The van der Waals surface area contributed by atoms with E-state index in [1.54, 1.807) is 10.9 Å². The maximum Gasteiger partial charge on any atom is 0.229 e. The lowest BCUT2D eigenvalue weighted by molar-refractivity contribution is 0.0904. The number of aliphatic imine (C=N–C) groups is 1. The Morgan fingerprint density at radius 3 is 2.65 bits per heavy atom. The highest BCUT2D eigenvalue weighted by molar-refractivity contribution is 6.03. The minimum atomic E-state index is -0.899. The number of amidine groups is 1. The first kappa shape index (κ1) is 24.4. The van der Waals surface area contributed by atoms with Crippen LogP contribution in [0.25, 0.3) is 10.9 Å². The number of fused-ring (bicyclic) bond motifs is 1. The van der Waals surface area contributed by atoms with Crippen LogP contribution >= 0.6 is 0 Å². The molecule has 1 saturated heterocycles. The highest BCUT2D eigenvalue weighted by Gasteiger charge is 2.20. The number of ether oxygens (including phenoxy) is 2. The van der Waals surface area contributed by atoms with Gasteiger partial charge in [0.1, 0.15) is 23.1 Å². The molecule has 4 N–H and O–H groups in total. The molecule has 0 bridgehead atoms. The molecule has 1 aliphatic heterocycles. The molecule has 0 aliphatic carbocycles. The van der Waals surface area contributed by atoms with E-state index in [1.807, 2.05) is 25.2 Å². The molecular formula is C25H26F2N8O2. The number of hydrogen-bond donors (Lipinski definition) is 3. The van der Waals surface area contributed by atoms with Crippen molar-refractivity contribution >= 4 is 39.9 Å². The number of anilines is 3. The number of nitrogens with two attached hydrogens (primary N) is 1. The number of benzene rings is 2. The fraction of sp³-hybridized carbons (Fsp3) is 0.280. The Morgan fingerprint density at radius 1 is 1.16 bits per heavy atom. The quantitative estimate of drug-likeness (QED) is 0.253. The third-order valence-electron chi connectivity index (χ3n) is 6.09. The summed E-state index contributed by atoms with van der Waals surface area (Å²) in [4.78, 5) is 13.0. The zero-order chi connectivity index (χ0) is 25.9. The van der Waals surface area contributed by atoms with Crippen molar-refractivity contribution in [3.05, 3.63) is 59.9 Å². The highest BCUT2D eigenvalue weighted by Crippen LogP contribution is 2.29. The van der Waals surface area contributed by atoms with Crippen molar-refractivity contribution in [2.24, 2.45) is 17.8 Å². The van der Waals surface area contributed by atoms with Gasteiger partial charge in [-0.2, -0.15) is 10.1 Å². The summed E-state index contributed by atoms with van der Waals surface area (Å²) in [5, 5.41) is 11.8. The van der Waals surface area contributed by atoms with Crippen LogP contribution in [0.2, 0.25) is 0 Å². The van der Waals surface area contributed by atoms with Gasteiger partial charge < -0.3 is 25.8 Å². The van der Waals surface area contributed by atoms with Crippen molar-refractivity contribution in [1.82, 2.24) is 19.7 Å². The summed E-state index contributed by atoms with van der Waals surface area (Å²) in [7, 11) is 3.20. The summed E-state index contributed by atoms with van der Waals surface area (Å²) in [6, 6.07) is 7.94. The van der Waals surface area contributed by atoms with Gasteiger partial charge in [0.15, 0.2) is 11.6 Å². The monoisotopic (exact) mass is 508 g/mol.